The molecule has 4 heteroatoms. The fraction of sp³-hybridized carbons (Fsp3) is 0.308. The third-order valence-corrected chi connectivity index (χ3v) is 3.53. The van der Waals surface area contributed by atoms with Gasteiger partial charge in [0.05, 0.1) is 6.04 Å². The molecule has 0 fully saturated rings. The Balaban J connectivity index is 2.00. The number of aromatic nitrogens is 2. The summed E-state index contributed by atoms with van der Waals surface area (Å²) in [6, 6.07) is 8.53. The summed E-state index contributed by atoms with van der Waals surface area (Å²) in [6.07, 6.45) is 4.66. The van der Waals surface area contributed by atoms with Gasteiger partial charge in [0.15, 0.2) is 0 Å². The Morgan fingerprint density at radius 1 is 1.41 bits per heavy atom. The molecule has 1 atom stereocenters. The maximum Gasteiger partial charge on any atom is 0.123 e. The van der Waals surface area contributed by atoms with Crippen LogP contribution in [0.3, 0.4) is 0 Å². The summed E-state index contributed by atoms with van der Waals surface area (Å²) < 4.78 is 1.14. The van der Waals surface area contributed by atoms with Gasteiger partial charge in [0.25, 0.3) is 0 Å². The normalized spacial score (nSPS) is 12.6. The molecule has 1 aromatic carbocycles. The second-order valence-electron chi connectivity index (χ2n) is 3.91. The predicted molar refractivity (Wildman–Crippen MR) is 72.6 cm³/mol. The molecule has 0 bridgehead atoms. The largest absolute Gasteiger partial charge is 0.347 e. The van der Waals surface area contributed by atoms with Gasteiger partial charge in [-0.15, -0.1) is 0 Å². The highest BCUT2D eigenvalue weighted by molar-refractivity contribution is 9.10. The van der Waals surface area contributed by atoms with E-state index in [1.54, 1.807) is 6.20 Å². The number of aromatic amines is 1. The Bertz CT molecular complexity index is 453. The lowest BCUT2D eigenvalue weighted by molar-refractivity contribution is 0.497. The number of hydrogen-bond acceptors (Lipinski definition) is 2. The van der Waals surface area contributed by atoms with Crippen LogP contribution >= 0.6 is 15.9 Å². The standard InChI is InChI=1S/C13H16BrN3/c1-2-12(13-15-7-8-16-13)17-9-10-5-3-4-6-11(10)14/h3-8,12,17H,2,9H2,1H3,(H,15,16). The van der Waals surface area contributed by atoms with E-state index >= 15 is 0 Å². The summed E-state index contributed by atoms with van der Waals surface area (Å²) in [7, 11) is 0. The number of nitrogens with one attached hydrogen (secondary N) is 2. The molecule has 2 rings (SSSR count). The van der Waals surface area contributed by atoms with Gasteiger partial charge in [-0.25, -0.2) is 4.98 Å². The van der Waals surface area contributed by atoms with Crippen LogP contribution in [-0.4, -0.2) is 9.97 Å². The SMILES string of the molecule is CCC(NCc1ccccc1Br)c1ncc[nH]1. The number of hydrogen-bond donors (Lipinski definition) is 2. The zero-order chi connectivity index (χ0) is 12.1. The van der Waals surface area contributed by atoms with Crippen LogP contribution in [0.2, 0.25) is 0 Å². The lowest BCUT2D eigenvalue weighted by atomic mass is 10.1. The summed E-state index contributed by atoms with van der Waals surface area (Å²) >= 11 is 3.55. The Kier molecular flexibility index (Phi) is 4.34. The fourth-order valence-electron chi connectivity index (χ4n) is 1.78. The molecular formula is C13H16BrN3. The van der Waals surface area contributed by atoms with Crippen molar-refractivity contribution >= 4 is 15.9 Å². The molecule has 0 aliphatic carbocycles. The van der Waals surface area contributed by atoms with Crippen molar-refractivity contribution in [3.05, 3.63) is 52.5 Å². The quantitative estimate of drug-likeness (QED) is 0.887. The maximum absolute atomic E-state index is 4.29. The molecule has 2 N–H and O–H groups in total. The molecule has 0 spiro atoms. The van der Waals surface area contributed by atoms with Crippen LogP contribution in [0, 0.1) is 0 Å². The van der Waals surface area contributed by atoms with E-state index in [2.05, 4.69) is 56.3 Å². The predicted octanol–water partition coefficient (Wildman–Crippen LogP) is 3.41. The van der Waals surface area contributed by atoms with Gasteiger partial charge in [-0.2, -0.15) is 0 Å². The molecule has 0 radical (unpaired) electrons. The molecule has 0 amide bonds. The van der Waals surface area contributed by atoms with Crippen LogP contribution in [0.15, 0.2) is 41.1 Å². The average molecular weight is 294 g/mol. The third kappa shape index (κ3) is 3.17. The van der Waals surface area contributed by atoms with Crippen molar-refractivity contribution in [1.29, 1.82) is 0 Å². The van der Waals surface area contributed by atoms with E-state index in [0.717, 1.165) is 23.3 Å². The van der Waals surface area contributed by atoms with Gasteiger partial charge in [0, 0.05) is 23.4 Å². The van der Waals surface area contributed by atoms with Crippen LogP contribution in [0.1, 0.15) is 30.8 Å². The van der Waals surface area contributed by atoms with Gasteiger partial charge in [-0.3, -0.25) is 0 Å². The number of rotatable bonds is 5. The van der Waals surface area contributed by atoms with Crippen LogP contribution in [0.5, 0.6) is 0 Å². The third-order valence-electron chi connectivity index (χ3n) is 2.75. The Hall–Kier alpha value is -1.13. The van der Waals surface area contributed by atoms with Crippen molar-refractivity contribution < 1.29 is 0 Å². The highest BCUT2D eigenvalue weighted by atomic mass is 79.9. The van der Waals surface area contributed by atoms with Crippen LogP contribution < -0.4 is 5.32 Å². The fourth-order valence-corrected chi connectivity index (χ4v) is 2.20. The number of imidazole rings is 1. The average Bonchev–Trinajstić information content (AvgIpc) is 2.86. The van der Waals surface area contributed by atoms with E-state index < -0.39 is 0 Å². The minimum Gasteiger partial charge on any atom is -0.347 e. The van der Waals surface area contributed by atoms with E-state index in [-0.39, 0.29) is 6.04 Å². The molecule has 0 aliphatic heterocycles. The minimum absolute atomic E-state index is 0.275. The van der Waals surface area contributed by atoms with Gasteiger partial charge >= 0.3 is 0 Å². The second kappa shape index (κ2) is 5.98. The van der Waals surface area contributed by atoms with Crippen molar-refractivity contribution in [2.75, 3.05) is 0 Å². The molecule has 17 heavy (non-hydrogen) atoms. The molecule has 1 unspecified atom stereocenters. The lowest BCUT2D eigenvalue weighted by Crippen LogP contribution is -2.21. The van der Waals surface area contributed by atoms with E-state index in [1.807, 2.05) is 12.3 Å². The first kappa shape index (κ1) is 12.3. The molecule has 2 aromatic rings. The van der Waals surface area contributed by atoms with E-state index in [1.165, 1.54) is 5.56 Å². The first-order valence-electron chi connectivity index (χ1n) is 5.77. The highest BCUT2D eigenvalue weighted by Crippen LogP contribution is 2.18. The van der Waals surface area contributed by atoms with Gasteiger partial charge in [-0.05, 0) is 18.1 Å². The topological polar surface area (TPSA) is 40.7 Å². The molecule has 1 heterocycles. The van der Waals surface area contributed by atoms with Crippen molar-refractivity contribution in [2.24, 2.45) is 0 Å². The van der Waals surface area contributed by atoms with Crippen molar-refractivity contribution in [2.45, 2.75) is 25.9 Å². The number of nitrogens with zero attached hydrogens (tertiary/aromatic N) is 1. The molecule has 3 nitrogen and oxygen atoms in total. The molecule has 90 valence electrons. The van der Waals surface area contributed by atoms with Crippen molar-refractivity contribution in [3.63, 3.8) is 0 Å². The van der Waals surface area contributed by atoms with Gasteiger partial charge < -0.3 is 10.3 Å². The van der Waals surface area contributed by atoms with Gasteiger partial charge in [0.2, 0.25) is 0 Å². The Morgan fingerprint density at radius 3 is 2.88 bits per heavy atom. The van der Waals surface area contributed by atoms with Gasteiger partial charge in [0.1, 0.15) is 5.82 Å². The molecular weight excluding hydrogens is 278 g/mol. The molecule has 0 saturated carbocycles. The highest BCUT2D eigenvalue weighted by Gasteiger charge is 2.11. The summed E-state index contributed by atoms with van der Waals surface area (Å²) in [4.78, 5) is 7.45. The van der Waals surface area contributed by atoms with Crippen molar-refractivity contribution in [1.82, 2.24) is 15.3 Å². The first-order valence-corrected chi connectivity index (χ1v) is 6.56. The minimum atomic E-state index is 0.275. The summed E-state index contributed by atoms with van der Waals surface area (Å²) in [5.41, 5.74) is 1.26. The molecule has 1 aromatic heterocycles. The summed E-state index contributed by atoms with van der Waals surface area (Å²) in [6.45, 7) is 2.99. The number of benzene rings is 1. The second-order valence-corrected chi connectivity index (χ2v) is 4.76. The van der Waals surface area contributed by atoms with E-state index in [4.69, 9.17) is 0 Å². The lowest BCUT2D eigenvalue weighted by Gasteiger charge is -2.15. The van der Waals surface area contributed by atoms with E-state index in [9.17, 15) is 0 Å². The number of halogens is 1. The Labute approximate surface area is 110 Å². The monoisotopic (exact) mass is 293 g/mol. The molecule has 0 saturated heterocycles. The van der Waals surface area contributed by atoms with E-state index in [0.29, 0.717) is 0 Å². The molecule has 0 aliphatic rings. The van der Waals surface area contributed by atoms with Crippen LogP contribution in [-0.2, 0) is 6.54 Å². The first-order chi connectivity index (χ1) is 8.31. The maximum atomic E-state index is 4.29. The van der Waals surface area contributed by atoms with Gasteiger partial charge in [-0.1, -0.05) is 41.1 Å². The Morgan fingerprint density at radius 2 is 2.24 bits per heavy atom. The van der Waals surface area contributed by atoms with Crippen molar-refractivity contribution in [3.8, 4) is 0 Å². The summed E-state index contributed by atoms with van der Waals surface area (Å²) in [5, 5.41) is 3.51. The zero-order valence-corrected chi connectivity index (χ0v) is 11.4. The zero-order valence-electron chi connectivity index (χ0n) is 9.78. The van der Waals surface area contributed by atoms with Crippen LogP contribution in [0.25, 0.3) is 0 Å². The smallest absolute Gasteiger partial charge is 0.123 e. The number of H-pyrrole nitrogens is 1. The summed E-state index contributed by atoms with van der Waals surface area (Å²) in [5.74, 6) is 1.000. The van der Waals surface area contributed by atoms with Crippen LogP contribution in [0.4, 0.5) is 0 Å².